The SMILES string of the molecule is CN1CCN(C(=O)C2NCCOc3ccccc32)Cc2cccnc21. The Labute approximate surface area is 147 Å². The van der Waals surface area contributed by atoms with Crippen LogP contribution in [0.25, 0.3) is 0 Å². The highest BCUT2D eigenvalue weighted by Crippen LogP contribution is 2.30. The van der Waals surface area contributed by atoms with Gasteiger partial charge in [-0.25, -0.2) is 4.98 Å². The molecule has 0 aliphatic carbocycles. The number of rotatable bonds is 1. The third-order valence-electron chi connectivity index (χ3n) is 4.79. The molecule has 0 radical (unpaired) electrons. The van der Waals surface area contributed by atoms with E-state index in [1.165, 1.54) is 0 Å². The summed E-state index contributed by atoms with van der Waals surface area (Å²) in [4.78, 5) is 21.8. The first-order chi connectivity index (χ1) is 12.2. The van der Waals surface area contributed by atoms with Crippen LogP contribution in [-0.4, -0.2) is 49.1 Å². The molecule has 0 fully saturated rings. The number of carbonyl (C=O) groups excluding carboxylic acids is 1. The van der Waals surface area contributed by atoms with Gasteiger partial charge in [-0.3, -0.25) is 10.1 Å². The van der Waals surface area contributed by atoms with E-state index in [2.05, 4.69) is 15.2 Å². The van der Waals surface area contributed by atoms with Crippen molar-refractivity contribution in [3.05, 3.63) is 53.7 Å². The quantitative estimate of drug-likeness (QED) is 0.856. The fourth-order valence-electron chi connectivity index (χ4n) is 3.47. The molecule has 1 N–H and O–H groups in total. The Morgan fingerprint density at radius 1 is 1.24 bits per heavy atom. The first-order valence-electron chi connectivity index (χ1n) is 8.63. The number of nitrogens with one attached hydrogen (secondary N) is 1. The number of hydrogen-bond acceptors (Lipinski definition) is 5. The monoisotopic (exact) mass is 338 g/mol. The molecule has 6 heteroatoms. The minimum atomic E-state index is -0.373. The molecule has 130 valence electrons. The molecular weight excluding hydrogens is 316 g/mol. The minimum absolute atomic E-state index is 0.0862. The van der Waals surface area contributed by atoms with E-state index in [4.69, 9.17) is 4.74 Å². The molecule has 2 aliphatic rings. The van der Waals surface area contributed by atoms with Crippen molar-refractivity contribution in [1.82, 2.24) is 15.2 Å². The molecule has 1 unspecified atom stereocenters. The van der Waals surface area contributed by atoms with Gasteiger partial charge in [-0.1, -0.05) is 24.3 Å². The zero-order valence-electron chi connectivity index (χ0n) is 14.3. The lowest BCUT2D eigenvalue weighted by atomic mass is 10.0. The molecule has 0 spiro atoms. The molecule has 1 amide bonds. The van der Waals surface area contributed by atoms with Gasteiger partial charge in [0, 0.05) is 50.6 Å². The maximum atomic E-state index is 13.3. The number of anilines is 1. The van der Waals surface area contributed by atoms with Gasteiger partial charge in [0.25, 0.3) is 0 Å². The second-order valence-electron chi connectivity index (χ2n) is 6.44. The third-order valence-corrected chi connectivity index (χ3v) is 4.79. The number of aromatic nitrogens is 1. The minimum Gasteiger partial charge on any atom is -0.492 e. The Morgan fingerprint density at radius 3 is 3.04 bits per heavy atom. The van der Waals surface area contributed by atoms with E-state index in [9.17, 15) is 4.79 Å². The van der Waals surface area contributed by atoms with Crippen LogP contribution >= 0.6 is 0 Å². The highest BCUT2D eigenvalue weighted by atomic mass is 16.5. The molecule has 0 saturated carbocycles. The lowest BCUT2D eigenvalue weighted by molar-refractivity contribution is -0.134. The fraction of sp³-hybridized carbons (Fsp3) is 0.368. The van der Waals surface area contributed by atoms with Crippen molar-refractivity contribution in [2.45, 2.75) is 12.6 Å². The number of nitrogens with zero attached hydrogens (tertiary/aromatic N) is 3. The van der Waals surface area contributed by atoms with Crippen LogP contribution in [0.2, 0.25) is 0 Å². The Balaban J connectivity index is 1.63. The van der Waals surface area contributed by atoms with Gasteiger partial charge in [-0.2, -0.15) is 0 Å². The molecule has 6 nitrogen and oxygen atoms in total. The number of benzene rings is 1. The topological polar surface area (TPSA) is 57.7 Å². The van der Waals surface area contributed by atoms with E-state index < -0.39 is 0 Å². The van der Waals surface area contributed by atoms with Crippen molar-refractivity contribution in [2.24, 2.45) is 0 Å². The van der Waals surface area contributed by atoms with Crippen LogP contribution < -0.4 is 15.0 Å². The summed E-state index contributed by atoms with van der Waals surface area (Å²) in [6, 6.07) is 11.4. The molecule has 0 bridgehead atoms. The summed E-state index contributed by atoms with van der Waals surface area (Å²) >= 11 is 0. The second kappa shape index (κ2) is 6.72. The van der Waals surface area contributed by atoms with E-state index in [1.807, 2.05) is 48.3 Å². The highest BCUT2D eigenvalue weighted by molar-refractivity contribution is 5.84. The van der Waals surface area contributed by atoms with Crippen LogP contribution in [0.15, 0.2) is 42.6 Å². The average Bonchev–Trinajstić information content (AvgIpc) is 2.96. The summed E-state index contributed by atoms with van der Waals surface area (Å²) in [5, 5.41) is 3.35. The lowest BCUT2D eigenvalue weighted by Crippen LogP contribution is -2.42. The first-order valence-corrected chi connectivity index (χ1v) is 8.63. The first kappa shape index (κ1) is 15.9. The van der Waals surface area contributed by atoms with Gasteiger partial charge in [0.1, 0.15) is 24.2 Å². The van der Waals surface area contributed by atoms with Gasteiger partial charge in [-0.05, 0) is 12.1 Å². The number of amides is 1. The van der Waals surface area contributed by atoms with Crippen LogP contribution in [0.5, 0.6) is 5.75 Å². The van der Waals surface area contributed by atoms with Crippen molar-refractivity contribution in [3.8, 4) is 5.75 Å². The van der Waals surface area contributed by atoms with Crippen molar-refractivity contribution in [1.29, 1.82) is 0 Å². The van der Waals surface area contributed by atoms with Gasteiger partial charge in [0.05, 0.1) is 0 Å². The van der Waals surface area contributed by atoms with E-state index in [-0.39, 0.29) is 11.9 Å². The Hall–Kier alpha value is -2.60. The average molecular weight is 338 g/mol. The van der Waals surface area contributed by atoms with Crippen LogP contribution in [0.4, 0.5) is 5.82 Å². The van der Waals surface area contributed by atoms with E-state index >= 15 is 0 Å². The van der Waals surface area contributed by atoms with E-state index in [0.717, 1.165) is 29.2 Å². The zero-order chi connectivity index (χ0) is 17.2. The maximum Gasteiger partial charge on any atom is 0.244 e. The maximum absolute atomic E-state index is 13.3. The summed E-state index contributed by atoms with van der Waals surface area (Å²) in [6.07, 6.45) is 1.80. The number of likely N-dealkylation sites (N-methyl/N-ethyl adjacent to an activating group) is 1. The van der Waals surface area contributed by atoms with Gasteiger partial charge in [0.2, 0.25) is 5.91 Å². The third kappa shape index (κ3) is 3.05. The van der Waals surface area contributed by atoms with Crippen LogP contribution in [0.3, 0.4) is 0 Å². The number of ether oxygens (including phenoxy) is 1. The molecule has 2 aromatic rings. The molecule has 1 aromatic carbocycles. The molecule has 0 saturated heterocycles. The highest BCUT2D eigenvalue weighted by Gasteiger charge is 2.31. The summed E-state index contributed by atoms with van der Waals surface area (Å²) in [6.45, 7) is 3.23. The fourth-order valence-corrected chi connectivity index (χ4v) is 3.47. The summed E-state index contributed by atoms with van der Waals surface area (Å²) in [7, 11) is 2.02. The molecule has 1 atom stereocenters. The van der Waals surface area contributed by atoms with Crippen molar-refractivity contribution >= 4 is 11.7 Å². The van der Waals surface area contributed by atoms with Crippen molar-refractivity contribution < 1.29 is 9.53 Å². The molecule has 1 aromatic heterocycles. The number of para-hydroxylation sites is 1. The summed E-state index contributed by atoms with van der Waals surface area (Å²) in [5.41, 5.74) is 1.99. The predicted octanol–water partition coefficient (Wildman–Crippen LogP) is 1.58. The van der Waals surface area contributed by atoms with Gasteiger partial charge in [0.15, 0.2) is 0 Å². The van der Waals surface area contributed by atoms with Crippen LogP contribution in [-0.2, 0) is 11.3 Å². The molecule has 4 rings (SSSR count). The zero-order valence-corrected chi connectivity index (χ0v) is 14.3. The number of fused-ring (bicyclic) bond motifs is 2. The smallest absolute Gasteiger partial charge is 0.244 e. The number of hydrogen-bond donors (Lipinski definition) is 1. The Kier molecular flexibility index (Phi) is 4.28. The number of carbonyl (C=O) groups is 1. The molecule has 3 heterocycles. The molecule has 2 aliphatic heterocycles. The largest absolute Gasteiger partial charge is 0.492 e. The summed E-state index contributed by atoms with van der Waals surface area (Å²) in [5.74, 6) is 1.83. The van der Waals surface area contributed by atoms with E-state index in [0.29, 0.717) is 26.2 Å². The Morgan fingerprint density at radius 2 is 2.12 bits per heavy atom. The van der Waals surface area contributed by atoms with E-state index in [1.54, 1.807) is 6.20 Å². The molecule has 25 heavy (non-hydrogen) atoms. The lowest BCUT2D eigenvalue weighted by Gasteiger charge is -2.26. The van der Waals surface area contributed by atoms with Gasteiger partial charge < -0.3 is 14.5 Å². The van der Waals surface area contributed by atoms with Crippen LogP contribution in [0, 0.1) is 0 Å². The normalized spacial score (nSPS) is 20.0. The Bertz CT molecular complexity index is 780. The predicted molar refractivity (Wildman–Crippen MR) is 95.6 cm³/mol. The van der Waals surface area contributed by atoms with Crippen molar-refractivity contribution in [2.75, 3.05) is 38.2 Å². The van der Waals surface area contributed by atoms with Crippen molar-refractivity contribution in [3.63, 3.8) is 0 Å². The number of pyridine rings is 1. The van der Waals surface area contributed by atoms with Crippen LogP contribution in [0.1, 0.15) is 17.2 Å². The second-order valence-corrected chi connectivity index (χ2v) is 6.44. The van der Waals surface area contributed by atoms with Gasteiger partial charge >= 0.3 is 0 Å². The summed E-state index contributed by atoms with van der Waals surface area (Å²) < 4.78 is 5.76. The molecular formula is C19H22N4O2. The standard InChI is InChI=1S/C19H22N4O2/c1-22-10-11-23(13-14-5-4-8-21-18(14)22)19(24)17-15-6-2-3-7-16(15)25-12-9-20-17/h2-8,17,20H,9-13H2,1H3. The van der Waals surface area contributed by atoms with Gasteiger partial charge in [-0.15, -0.1) is 0 Å².